The Labute approximate surface area is 121 Å². The second kappa shape index (κ2) is 5.63. The van der Waals surface area contributed by atoms with Crippen LogP contribution in [-0.4, -0.2) is 16.1 Å². The van der Waals surface area contributed by atoms with Crippen molar-refractivity contribution in [3.63, 3.8) is 0 Å². The van der Waals surface area contributed by atoms with Gasteiger partial charge in [0, 0.05) is 11.6 Å². The lowest BCUT2D eigenvalue weighted by Gasteiger charge is -2.07. The second-order valence-electron chi connectivity index (χ2n) is 4.33. The maximum Gasteiger partial charge on any atom is 0.416 e. The molecule has 22 heavy (non-hydrogen) atoms. The lowest BCUT2D eigenvalue weighted by atomic mass is 10.1. The predicted molar refractivity (Wildman–Crippen MR) is 68.5 cm³/mol. The van der Waals surface area contributed by atoms with Crippen molar-refractivity contribution in [1.29, 1.82) is 0 Å². The highest BCUT2D eigenvalue weighted by atomic mass is 19.4. The van der Waals surface area contributed by atoms with E-state index in [9.17, 15) is 22.4 Å². The molecule has 0 saturated heterocycles. The van der Waals surface area contributed by atoms with Gasteiger partial charge in [-0.3, -0.25) is 0 Å². The van der Waals surface area contributed by atoms with Gasteiger partial charge in [0.05, 0.1) is 5.56 Å². The molecule has 0 aliphatic heterocycles. The molecule has 0 saturated carbocycles. The second-order valence-corrected chi connectivity index (χ2v) is 4.33. The Balaban J connectivity index is 2.27. The first-order chi connectivity index (χ1) is 10.2. The lowest BCUT2D eigenvalue weighted by Crippen LogP contribution is -2.05. The number of alkyl halides is 3. The third-order valence-corrected chi connectivity index (χ3v) is 2.75. The molecule has 0 spiro atoms. The minimum atomic E-state index is -4.63. The van der Waals surface area contributed by atoms with Gasteiger partial charge in [-0.25, -0.2) is 14.2 Å². The van der Waals surface area contributed by atoms with E-state index in [0.29, 0.717) is 6.07 Å². The number of aromatic carboxylic acids is 1. The van der Waals surface area contributed by atoms with E-state index in [1.807, 2.05) is 0 Å². The highest BCUT2D eigenvalue weighted by Gasteiger charge is 2.30. The molecule has 0 aliphatic rings. The van der Waals surface area contributed by atoms with Gasteiger partial charge in [-0.05, 0) is 25.1 Å². The van der Waals surface area contributed by atoms with Crippen molar-refractivity contribution in [2.75, 3.05) is 0 Å². The Bertz CT molecular complexity index is 747. The molecule has 1 N–H and O–H groups in total. The van der Waals surface area contributed by atoms with Gasteiger partial charge in [0.1, 0.15) is 11.6 Å². The van der Waals surface area contributed by atoms with Crippen molar-refractivity contribution < 1.29 is 31.9 Å². The minimum absolute atomic E-state index is 0.0695. The van der Waals surface area contributed by atoms with Gasteiger partial charge in [-0.2, -0.15) is 13.2 Å². The highest BCUT2D eigenvalue weighted by molar-refractivity contribution is 5.86. The van der Waals surface area contributed by atoms with Crippen LogP contribution in [0.3, 0.4) is 0 Å². The van der Waals surface area contributed by atoms with Crippen LogP contribution in [0.25, 0.3) is 12.2 Å². The van der Waals surface area contributed by atoms with Gasteiger partial charge in [0.25, 0.3) is 0 Å². The highest BCUT2D eigenvalue weighted by Crippen LogP contribution is 2.30. The zero-order valence-electron chi connectivity index (χ0n) is 11.1. The summed E-state index contributed by atoms with van der Waals surface area (Å²) in [5.74, 6) is -2.36. The lowest BCUT2D eigenvalue weighted by molar-refractivity contribution is -0.137. The Kier molecular flexibility index (Phi) is 4.03. The van der Waals surface area contributed by atoms with E-state index in [0.717, 1.165) is 18.2 Å². The Morgan fingerprint density at radius 3 is 2.50 bits per heavy atom. The number of carboxylic acids is 1. The number of aryl methyl sites for hydroxylation is 1. The van der Waals surface area contributed by atoms with Crippen LogP contribution < -0.4 is 0 Å². The number of rotatable bonds is 3. The summed E-state index contributed by atoms with van der Waals surface area (Å²) in [6.07, 6.45) is -2.31. The van der Waals surface area contributed by atoms with Crippen LogP contribution in [0, 0.1) is 12.7 Å². The van der Waals surface area contributed by atoms with E-state index in [1.165, 1.54) is 13.0 Å². The molecule has 0 atom stereocenters. The molecule has 4 nitrogen and oxygen atoms in total. The summed E-state index contributed by atoms with van der Waals surface area (Å²) < 4.78 is 55.9. The van der Waals surface area contributed by atoms with Crippen LogP contribution in [0.5, 0.6) is 0 Å². The SMILES string of the molecule is Cc1oc(/C=C/c2ccc(C(F)(F)F)cc2F)nc1C(=O)O. The van der Waals surface area contributed by atoms with Gasteiger partial charge >= 0.3 is 12.1 Å². The average Bonchev–Trinajstić information content (AvgIpc) is 2.77. The van der Waals surface area contributed by atoms with Crippen LogP contribution in [0.4, 0.5) is 17.6 Å². The number of benzene rings is 1. The van der Waals surface area contributed by atoms with Crippen molar-refractivity contribution >= 4 is 18.1 Å². The first-order valence-corrected chi connectivity index (χ1v) is 5.94. The Morgan fingerprint density at radius 1 is 1.32 bits per heavy atom. The minimum Gasteiger partial charge on any atom is -0.476 e. The maximum absolute atomic E-state index is 13.6. The molecule has 0 fully saturated rings. The summed E-state index contributed by atoms with van der Waals surface area (Å²) in [5, 5.41) is 8.80. The van der Waals surface area contributed by atoms with Crippen molar-refractivity contribution in [2.45, 2.75) is 13.1 Å². The quantitative estimate of drug-likeness (QED) is 0.869. The van der Waals surface area contributed by atoms with Crippen molar-refractivity contribution in [3.8, 4) is 0 Å². The maximum atomic E-state index is 13.6. The predicted octanol–water partition coefficient (Wildman–Crippen LogP) is 4.01. The van der Waals surface area contributed by atoms with Gasteiger partial charge < -0.3 is 9.52 Å². The number of nitrogens with zero attached hydrogens (tertiary/aromatic N) is 1. The fourth-order valence-corrected chi connectivity index (χ4v) is 1.69. The van der Waals surface area contributed by atoms with Crippen LogP contribution in [0.1, 0.15) is 33.3 Å². The molecule has 0 radical (unpaired) electrons. The molecule has 0 amide bonds. The molecular formula is C14H9F4NO3. The number of aromatic nitrogens is 1. The number of hydrogen-bond acceptors (Lipinski definition) is 3. The van der Waals surface area contributed by atoms with Gasteiger partial charge in [0.15, 0.2) is 5.69 Å². The van der Waals surface area contributed by atoms with Gasteiger partial charge in [-0.1, -0.05) is 6.07 Å². The fourth-order valence-electron chi connectivity index (χ4n) is 1.69. The molecule has 2 aromatic rings. The molecule has 2 rings (SSSR count). The number of hydrogen-bond donors (Lipinski definition) is 1. The standard InChI is InChI=1S/C14H9F4NO3/c1-7-12(13(20)21)19-11(22-7)5-3-8-2-4-9(6-10(8)15)14(16,17)18/h2-6H,1H3,(H,20,21)/b5-3+. The van der Waals surface area contributed by atoms with E-state index in [1.54, 1.807) is 0 Å². The van der Waals surface area contributed by atoms with Crippen LogP contribution >= 0.6 is 0 Å². The number of oxazole rings is 1. The molecule has 0 aliphatic carbocycles. The molecule has 1 aromatic carbocycles. The van der Waals surface area contributed by atoms with Crippen molar-refractivity contribution in [2.24, 2.45) is 0 Å². The summed E-state index contributed by atoms with van der Waals surface area (Å²) in [4.78, 5) is 14.4. The van der Waals surface area contributed by atoms with Crippen LogP contribution in [0.15, 0.2) is 22.6 Å². The summed E-state index contributed by atoms with van der Waals surface area (Å²) in [6.45, 7) is 1.40. The van der Waals surface area contributed by atoms with Crippen LogP contribution in [-0.2, 0) is 6.18 Å². The number of carboxylic acid groups (broad SMARTS) is 1. The summed E-state index contributed by atoms with van der Waals surface area (Å²) in [6, 6.07) is 2.08. The monoisotopic (exact) mass is 315 g/mol. The number of halogens is 4. The largest absolute Gasteiger partial charge is 0.476 e. The van der Waals surface area contributed by atoms with Crippen LogP contribution in [0.2, 0.25) is 0 Å². The third kappa shape index (κ3) is 3.33. The topological polar surface area (TPSA) is 63.3 Å². The summed E-state index contributed by atoms with van der Waals surface area (Å²) in [7, 11) is 0. The van der Waals surface area contributed by atoms with Gasteiger partial charge in [0.2, 0.25) is 5.89 Å². The Hall–Kier alpha value is -2.64. The summed E-state index contributed by atoms with van der Waals surface area (Å²) >= 11 is 0. The first kappa shape index (κ1) is 15.7. The van der Waals surface area contributed by atoms with Crippen molar-refractivity contribution in [1.82, 2.24) is 4.98 Å². The number of carbonyl (C=O) groups is 1. The zero-order chi connectivity index (χ0) is 16.5. The molecule has 0 bridgehead atoms. The van der Waals surface area contributed by atoms with E-state index >= 15 is 0 Å². The smallest absolute Gasteiger partial charge is 0.416 e. The average molecular weight is 315 g/mol. The molecule has 1 aromatic heterocycles. The Morgan fingerprint density at radius 2 is 2.00 bits per heavy atom. The zero-order valence-corrected chi connectivity index (χ0v) is 11.1. The molecule has 1 heterocycles. The first-order valence-electron chi connectivity index (χ1n) is 5.94. The van der Waals surface area contributed by atoms with E-state index in [2.05, 4.69) is 4.98 Å². The molecule has 116 valence electrons. The van der Waals surface area contributed by atoms with E-state index in [4.69, 9.17) is 9.52 Å². The van der Waals surface area contributed by atoms with Crippen molar-refractivity contribution in [3.05, 3.63) is 52.5 Å². The third-order valence-electron chi connectivity index (χ3n) is 2.75. The van der Waals surface area contributed by atoms with E-state index < -0.39 is 23.5 Å². The molecular weight excluding hydrogens is 306 g/mol. The fraction of sp³-hybridized carbons (Fsp3) is 0.143. The van der Waals surface area contributed by atoms with Gasteiger partial charge in [-0.15, -0.1) is 0 Å². The molecule has 0 unspecified atom stereocenters. The normalized spacial score (nSPS) is 12.0. The summed E-state index contributed by atoms with van der Waals surface area (Å²) in [5.41, 5.74) is -1.49. The molecule has 8 heteroatoms. The van der Waals surface area contributed by atoms with E-state index in [-0.39, 0.29) is 22.9 Å².